The summed E-state index contributed by atoms with van der Waals surface area (Å²) in [5.74, 6) is 1.43. The van der Waals surface area contributed by atoms with Gasteiger partial charge in [-0.3, -0.25) is 0 Å². The highest BCUT2D eigenvalue weighted by Crippen LogP contribution is 2.26. The fourth-order valence-electron chi connectivity index (χ4n) is 3.32. The van der Waals surface area contributed by atoms with Crippen molar-refractivity contribution < 1.29 is 26.2 Å². The summed E-state index contributed by atoms with van der Waals surface area (Å²) in [6, 6.07) is 18.4. The van der Waals surface area contributed by atoms with Crippen LogP contribution in [0.4, 0.5) is 17.3 Å². The van der Waals surface area contributed by atoms with E-state index in [0.29, 0.717) is 5.89 Å². The van der Waals surface area contributed by atoms with Crippen LogP contribution < -0.4 is 4.57 Å². The van der Waals surface area contributed by atoms with Crippen molar-refractivity contribution in [2.75, 3.05) is 0 Å². The molecule has 0 aliphatic heterocycles. The SMILES string of the molecule is CCCCCC[n+]1ccn(-c2ccc(-c3ncc(-c4ccccc4)o3)cc2)c1.F[B-](F)(F)F. The standard InChI is InChI=1S/C24H26N3O.BF4/c1-2-3-4-8-15-26-16-17-27(19-26)22-13-11-21(12-14-22)24-25-18-23(28-24)20-9-6-5-7-10-20;2-1(3,4)5/h5-7,9-14,16-19H,2-4,8,15H2,1H3;/q+1;-1. The van der Waals surface area contributed by atoms with E-state index >= 15 is 0 Å². The van der Waals surface area contributed by atoms with Crippen LogP contribution in [0.1, 0.15) is 32.6 Å². The Morgan fingerprint density at radius 3 is 2.27 bits per heavy atom. The minimum atomic E-state index is -6.00. The number of unbranched alkanes of at least 4 members (excludes halogenated alkanes) is 3. The molecule has 0 saturated heterocycles. The van der Waals surface area contributed by atoms with Crippen LogP contribution in [0.2, 0.25) is 0 Å². The maximum atomic E-state index is 9.75. The third-order valence-corrected chi connectivity index (χ3v) is 4.94. The van der Waals surface area contributed by atoms with Gasteiger partial charge in [0, 0.05) is 11.1 Å². The first kappa shape index (κ1) is 24.3. The smallest absolute Gasteiger partial charge is 0.436 e. The number of aromatic nitrogens is 3. The van der Waals surface area contributed by atoms with E-state index in [-0.39, 0.29) is 0 Å². The fraction of sp³-hybridized carbons (Fsp3) is 0.250. The normalized spacial score (nSPS) is 11.2. The van der Waals surface area contributed by atoms with Crippen molar-refractivity contribution in [1.29, 1.82) is 0 Å². The Balaban J connectivity index is 0.000000555. The van der Waals surface area contributed by atoms with Gasteiger partial charge in [0.15, 0.2) is 5.76 Å². The summed E-state index contributed by atoms with van der Waals surface area (Å²) in [4.78, 5) is 4.44. The second-order valence-electron chi connectivity index (χ2n) is 7.56. The van der Waals surface area contributed by atoms with Gasteiger partial charge in [-0.15, -0.1) is 0 Å². The Labute approximate surface area is 190 Å². The first-order valence-corrected chi connectivity index (χ1v) is 10.9. The topological polar surface area (TPSA) is 34.8 Å². The average Bonchev–Trinajstić information content (AvgIpc) is 3.47. The number of halogens is 4. The van der Waals surface area contributed by atoms with Crippen LogP contribution in [0.5, 0.6) is 0 Å². The molecule has 0 atom stereocenters. The molecule has 4 rings (SSSR count). The summed E-state index contributed by atoms with van der Waals surface area (Å²) < 4.78 is 49.3. The van der Waals surface area contributed by atoms with Crippen LogP contribution in [-0.2, 0) is 6.54 Å². The second kappa shape index (κ2) is 11.5. The van der Waals surface area contributed by atoms with E-state index in [9.17, 15) is 17.3 Å². The van der Waals surface area contributed by atoms with E-state index in [1.165, 1.54) is 25.7 Å². The van der Waals surface area contributed by atoms with E-state index in [1.54, 1.807) is 6.20 Å². The number of hydrogen-bond donors (Lipinski definition) is 0. The number of rotatable bonds is 8. The maximum absolute atomic E-state index is 9.75. The zero-order chi connectivity index (χ0) is 23.7. The molecule has 174 valence electrons. The molecule has 0 radical (unpaired) electrons. The van der Waals surface area contributed by atoms with Crippen LogP contribution in [-0.4, -0.2) is 16.8 Å². The van der Waals surface area contributed by atoms with Gasteiger partial charge in [0.05, 0.1) is 12.7 Å². The van der Waals surface area contributed by atoms with E-state index in [2.05, 4.69) is 64.0 Å². The molecule has 4 aromatic rings. The Bertz CT molecular complexity index is 1100. The molecule has 0 spiro atoms. The molecular formula is C24H26BF4N3O. The summed E-state index contributed by atoms with van der Waals surface area (Å²) in [5.41, 5.74) is 3.14. The van der Waals surface area contributed by atoms with Gasteiger partial charge >= 0.3 is 7.25 Å². The lowest BCUT2D eigenvalue weighted by Gasteiger charge is -1.99. The van der Waals surface area contributed by atoms with Crippen molar-refractivity contribution in [2.24, 2.45) is 0 Å². The summed E-state index contributed by atoms with van der Waals surface area (Å²) in [5, 5.41) is 0. The lowest BCUT2D eigenvalue weighted by molar-refractivity contribution is -0.696. The van der Waals surface area contributed by atoms with Crippen LogP contribution >= 0.6 is 0 Å². The van der Waals surface area contributed by atoms with E-state index in [4.69, 9.17) is 4.42 Å². The first-order chi connectivity index (χ1) is 15.8. The van der Waals surface area contributed by atoms with Gasteiger partial charge in [-0.05, 0) is 37.1 Å². The average molecular weight is 459 g/mol. The summed E-state index contributed by atoms with van der Waals surface area (Å²) >= 11 is 0. The van der Waals surface area contributed by atoms with Crippen molar-refractivity contribution in [3.63, 3.8) is 0 Å². The monoisotopic (exact) mass is 459 g/mol. The molecule has 9 heteroatoms. The minimum absolute atomic E-state index is 0.642. The van der Waals surface area contributed by atoms with Gasteiger partial charge in [0.2, 0.25) is 12.2 Å². The van der Waals surface area contributed by atoms with Crippen LogP contribution in [0.3, 0.4) is 0 Å². The van der Waals surface area contributed by atoms with E-state index in [1.807, 2.05) is 30.3 Å². The van der Waals surface area contributed by atoms with E-state index < -0.39 is 7.25 Å². The largest absolute Gasteiger partial charge is 0.673 e. The number of aryl methyl sites for hydroxylation is 1. The van der Waals surface area contributed by atoms with Crippen molar-refractivity contribution in [3.8, 4) is 28.5 Å². The lowest BCUT2D eigenvalue weighted by Crippen LogP contribution is -2.30. The van der Waals surface area contributed by atoms with Crippen molar-refractivity contribution >= 4 is 7.25 Å². The Kier molecular flexibility index (Phi) is 8.46. The highest BCUT2D eigenvalue weighted by molar-refractivity contribution is 6.50. The number of imidazole rings is 1. The molecule has 2 heterocycles. The van der Waals surface area contributed by atoms with Crippen LogP contribution in [0, 0.1) is 0 Å². The predicted molar refractivity (Wildman–Crippen MR) is 121 cm³/mol. The third-order valence-electron chi connectivity index (χ3n) is 4.94. The van der Waals surface area contributed by atoms with Crippen LogP contribution in [0.25, 0.3) is 28.5 Å². The summed E-state index contributed by atoms with van der Waals surface area (Å²) in [6.07, 6.45) is 13.3. The number of benzene rings is 2. The molecule has 2 aromatic heterocycles. The quantitative estimate of drug-likeness (QED) is 0.124. The molecule has 0 bridgehead atoms. The van der Waals surface area contributed by atoms with Gasteiger partial charge in [0.25, 0.3) is 0 Å². The van der Waals surface area contributed by atoms with Crippen molar-refractivity contribution in [2.45, 2.75) is 39.2 Å². The Morgan fingerprint density at radius 1 is 0.909 bits per heavy atom. The molecular weight excluding hydrogens is 433 g/mol. The maximum Gasteiger partial charge on any atom is 0.673 e. The summed E-state index contributed by atoms with van der Waals surface area (Å²) in [6.45, 7) is 3.32. The van der Waals surface area contributed by atoms with Gasteiger partial charge in [-0.1, -0.05) is 50.1 Å². The highest BCUT2D eigenvalue weighted by atomic mass is 19.5. The molecule has 0 amide bonds. The molecule has 0 saturated carbocycles. The van der Waals surface area contributed by atoms with Crippen LogP contribution in [0.15, 0.2) is 83.9 Å². The molecule has 2 aromatic carbocycles. The molecule has 33 heavy (non-hydrogen) atoms. The zero-order valence-electron chi connectivity index (χ0n) is 18.4. The number of oxazole rings is 1. The lowest BCUT2D eigenvalue weighted by atomic mass is 10.2. The minimum Gasteiger partial charge on any atom is -0.436 e. The molecule has 0 unspecified atom stereocenters. The molecule has 0 fully saturated rings. The number of hydrogen-bond acceptors (Lipinski definition) is 2. The molecule has 4 nitrogen and oxygen atoms in total. The third kappa shape index (κ3) is 7.93. The fourth-order valence-corrected chi connectivity index (χ4v) is 3.32. The van der Waals surface area contributed by atoms with Crippen molar-refractivity contribution in [3.05, 3.63) is 79.5 Å². The van der Waals surface area contributed by atoms with Gasteiger partial charge < -0.3 is 21.7 Å². The molecule has 0 aliphatic carbocycles. The van der Waals surface area contributed by atoms with Gasteiger partial charge in [0.1, 0.15) is 18.1 Å². The van der Waals surface area contributed by atoms with E-state index in [0.717, 1.165) is 29.1 Å². The van der Waals surface area contributed by atoms with Gasteiger partial charge in [-0.2, -0.15) is 0 Å². The first-order valence-electron chi connectivity index (χ1n) is 10.9. The number of nitrogens with zero attached hydrogens (tertiary/aromatic N) is 3. The zero-order valence-corrected chi connectivity index (χ0v) is 18.4. The molecule has 0 N–H and O–H groups in total. The summed E-state index contributed by atoms with van der Waals surface area (Å²) in [7, 11) is -6.00. The molecule has 0 aliphatic rings. The highest BCUT2D eigenvalue weighted by Gasteiger charge is 2.20. The second-order valence-corrected chi connectivity index (χ2v) is 7.56. The Hall–Kier alpha value is -3.36. The predicted octanol–water partition coefficient (Wildman–Crippen LogP) is 6.97. The Morgan fingerprint density at radius 2 is 1.61 bits per heavy atom. The van der Waals surface area contributed by atoms with Crippen molar-refractivity contribution in [1.82, 2.24) is 9.55 Å². The van der Waals surface area contributed by atoms with Gasteiger partial charge in [-0.25, -0.2) is 14.1 Å².